The van der Waals surface area contributed by atoms with Crippen LogP contribution in [-0.2, 0) is 12.8 Å². The van der Waals surface area contributed by atoms with Crippen molar-refractivity contribution in [3.8, 4) is 0 Å². The van der Waals surface area contributed by atoms with Gasteiger partial charge >= 0.3 is 0 Å². The largest absolute Gasteiger partial charge is 0.247 e. The summed E-state index contributed by atoms with van der Waals surface area (Å²) in [6.07, 6.45) is 9.50. The van der Waals surface area contributed by atoms with Crippen molar-refractivity contribution in [1.82, 2.24) is 10.4 Å². The minimum atomic E-state index is 0.485. The maximum Gasteiger partial charge on any atom is 0.0530 e. The van der Waals surface area contributed by atoms with E-state index >= 15 is 0 Å². The van der Waals surface area contributed by atoms with Gasteiger partial charge in [-0.05, 0) is 57.1 Å². The topological polar surface area (TPSA) is 15.3 Å². The monoisotopic (exact) mass is 264 g/mol. The standard InChI is InChI=1S/C15H24N2S/c1-12(16-17-9-5-2-6-10-17)15-11-13-7-3-4-8-14(13)18-15/h11-12,16H,2-10H2,1H3. The molecule has 3 rings (SSSR count). The third-order valence-corrected chi connectivity index (χ3v) is 5.59. The van der Waals surface area contributed by atoms with E-state index in [1.807, 2.05) is 11.3 Å². The van der Waals surface area contributed by atoms with Gasteiger partial charge in [-0.3, -0.25) is 0 Å². The predicted molar refractivity (Wildman–Crippen MR) is 77.9 cm³/mol. The van der Waals surface area contributed by atoms with Crippen molar-refractivity contribution in [3.05, 3.63) is 21.4 Å². The van der Waals surface area contributed by atoms with E-state index < -0.39 is 0 Å². The van der Waals surface area contributed by atoms with Crippen LogP contribution >= 0.6 is 11.3 Å². The smallest absolute Gasteiger partial charge is 0.0530 e. The zero-order valence-electron chi connectivity index (χ0n) is 11.4. The van der Waals surface area contributed by atoms with Crippen molar-refractivity contribution in [3.63, 3.8) is 0 Å². The molecule has 0 bridgehead atoms. The molecule has 2 aliphatic rings. The predicted octanol–water partition coefficient (Wildman–Crippen LogP) is 3.68. The first-order valence-electron chi connectivity index (χ1n) is 7.45. The second-order valence-corrected chi connectivity index (χ2v) is 6.87. The Balaban J connectivity index is 1.64. The zero-order valence-corrected chi connectivity index (χ0v) is 12.2. The normalized spacial score (nSPS) is 22.7. The average Bonchev–Trinajstić information content (AvgIpc) is 2.84. The molecule has 1 aliphatic heterocycles. The van der Waals surface area contributed by atoms with Crippen LogP contribution in [0.5, 0.6) is 0 Å². The third-order valence-electron chi connectivity index (χ3n) is 4.17. The lowest BCUT2D eigenvalue weighted by atomic mass is 9.99. The van der Waals surface area contributed by atoms with Gasteiger partial charge in [0.2, 0.25) is 0 Å². The molecule has 3 heteroatoms. The van der Waals surface area contributed by atoms with Gasteiger partial charge in [0, 0.05) is 22.8 Å². The van der Waals surface area contributed by atoms with E-state index in [0.717, 1.165) is 0 Å². The van der Waals surface area contributed by atoms with E-state index in [1.54, 1.807) is 10.4 Å². The van der Waals surface area contributed by atoms with Gasteiger partial charge in [-0.1, -0.05) is 6.42 Å². The van der Waals surface area contributed by atoms with Gasteiger partial charge in [0.25, 0.3) is 0 Å². The van der Waals surface area contributed by atoms with Crippen molar-refractivity contribution in [2.45, 2.75) is 57.9 Å². The van der Waals surface area contributed by atoms with Crippen LogP contribution in [0.15, 0.2) is 6.07 Å². The Morgan fingerprint density at radius 3 is 2.67 bits per heavy atom. The Labute approximate surface area is 114 Å². The fourth-order valence-electron chi connectivity index (χ4n) is 3.09. The van der Waals surface area contributed by atoms with Crippen LogP contribution in [0.3, 0.4) is 0 Å². The van der Waals surface area contributed by atoms with Gasteiger partial charge in [0.05, 0.1) is 6.04 Å². The lowest BCUT2D eigenvalue weighted by Crippen LogP contribution is -2.42. The SMILES string of the molecule is CC(NN1CCCCC1)c1cc2c(s1)CCCC2. The quantitative estimate of drug-likeness (QED) is 0.896. The summed E-state index contributed by atoms with van der Waals surface area (Å²) in [5.74, 6) is 0. The van der Waals surface area contributed by atoms with Crippen LogP contribution in [0.2, 0.25) is 0 Å². The summed E-state index contributed by atoms with van der Waals surface area (Å²) in [5.41, 5.74) is 5.32. The van der Waals surface area contributed by atoms with Crippen LogP contribution in [0.4, 0.5) is 0 Å². The first kappa shape index (κ1) is 12.6. The Morgan fingerprint density at radius 1 is 1.11 bits per heavy atom. The minimum absolute atomic E-state index is 0.485. The molecule has 1 atom stereocenters. The molecule has 0 spiro atoms. The van der Waals surface area contributed by atoms with E-state index in [9.17, 15) is 0 Å². The fraction of sp³-hybridized carbons (Fsp3) is 0.733. The van der Waals surface area contributed by atoms with Crippen LogP contribution in [0, 0.1) is 0 Å². The van der Waals surface area contributed by atoms with Crippen LogP contribution < -0.4 is 5.43 Å². The molecule has 0 saturated carbocycles. The zero-order chi connectivity index (χ0) is 12.4. The molecule has 0 aromatic carbocycles. The van der Waals surface area contributed by atoms with E-state index in [0.29, 0.717) is 6.04 Å². The molecule has 1 saturated heterocycles. The van der Waals surface area contributed by atoms with Crippen LogP contribution in [0.25, 0.3) is 0 Å². The molecule has 1 aromatic rings. The Kier molecular flexibility index (Phi) is 4.02. The molecule has 0 amide bonds. The van der Waals surface area contributed by atoms with Crippen molar-refractivity contribution in [2.24, 2.45) is 0 Å². The number of piperidine rings is 1. The van der Waals surface area contributed by atoms with Crippen molar-refractivity contribution < 1.29 is 0 Å². The maximum absolute atomic E-state index is 3.69. The molecule has 0 radical (unpaired) electrons. The molecule has 18 heavy (non-hydrogen) atoms. The van der Waals surface area contributed by atoms with Crippen LogP contribution in [0.1, 0.15) is 60.4 Å². The molecule has 2 heterocycles. The highest BCUT2D eigenvalue weighted by atomic mass is 32.1. The van der Waals surface area contributed by atoms with E-state index in [-0.39, 0.29) is 0 Å². The molecule has 1 fully saturated rings. The number of hydrogen-bond acceptors (Lipinski definition) is 3. The second-order valence-electron chi connectivity index (χ2n) is 5.70. The average molecular weight is 264 g/mol. The van der Waals surface area contributed by atoms with Gasteiger partial charge in [0.1, 0.15) is 0 Å². The molecule has 1 N–H and O–H groups in total. The minimum Gasteiger partial charge on any atom is -0.247 e. The number of hydrazine groups is 1. The number of aryl methyl sites for hydroxylation is 2. The lowest BCUT2D eigenvalue weighted by molar-refractivity contribution is 0.134. The van der Waals surface area contributed by atoms with Crippen molar-refractivity contribution in [1.29, 1.82) is 0 Å². The highest BCUT2D eigenvalue weighted by Crippen LogP contribution is 2.32. The highest BCUT2D eigenvalue weighted by Gasteiger charge is 2.18. The summed E-state index contributed by atoms with van der Waals surface area (Å²) in [7, 11) is 0. The number of nitrogens with one attached hydrogen (secondary N) is 1. The Bertz CT molecular complexity index is 370. The molecule has 1 aromatic heterocycles. The lowest BCUT2D eigenvalue weighted by Gasteiger charge is -2.29. The fourth-order valence-corrected chi connectivity index (χ4v) is 4.34. The Morgan fingerprint density at radius 2 is 1.89 bits per heavy atom. The van der Waals surface area contributed by atoms with Gasteiger partial charge in [-0.2, -0.15) is 0 Å². The summed E-state index contributed by atoms with van der Waals surface area (Å²) < 4.78 is 0. The molecule has 2 nitrogen and oxygen atoms in total. The molecule has 100 valence electrons. The highest BCUT2D eigenvalue weighted by molar-refractivity contribution is 7.12. The van der Waals surface area contributed by atoms with Gasteiger partial charge in [-0.25, -0.2) is 10.4 Å². The van der Waals surface area contributed by atoms with Crippen LogP contribution in [-0.4, -0.2) is 18.1 Å². The summed E-state index contributed by atoms with van der Waals surface area (Å²) in [5, 5.41) is 2.42. The van der Waals surface area contributed by atoms with Gasteiger partial charge in [0.15, 0.2) is 0 Å². The summed E-state index contributed by atoms with van der Waals surface area (Å²) in [4.78, 5) is 3.19. The molecule has 1 unspecified atom stereocenters. The number of thiophene rings is 1. The number of rotatable bonds is 3. The summed E-state index contributed by atoms with van der Waals surface area (Å²) in [6.45, 7) is 4.75. The summed E-state index contributed by atoms with van der Waals surface area (Å²) >= 11 is 2.04. The first-order chi connectivity index (χ1) is 8.83. The third kappa shape index (κ3) is 2.79. The maximum atomic E-state index is 3.69. The second kappa shape index (κ2) is 5.72. The van der Waals surface area contributed by atoms with E-state index in [2.05, 4.69) is 23.4 Å². The number of nitrogens with zero attached hydrogens (tertiary/aromatic N) is 1. The van der Waals surface area contributed by atoms with Gasteiger partial charge in [-0.15, -0.1) is 11.3 Å². The number of fused-ring (bicyclic) bond motifs is 1. The molecule has 1 aliphatic carbocycles. The van der Waals surface area contributed by atoms with Crippen molar-refractivity contribution >= 4 is 11.3 Å². The van der Waals surface area contributed by atoms with E-state index in [1.165, 1.54) is 62.9 Å². The molecular weight excluding hydrogens is 240 g/mol. The first-order valence-corrected chi connectivity index (χ1v) is 8.27. The van der Waals surface area contributed by atoms with Gasteiger partial charge < -0.3 is 0 Å². The summed E-state index contributed by atoms with van der Waals surface area (Å²) in [6, 6.07) is 2.94. The molecular formula is C15H24N2S. The van der Waals surface area contributed by atoms with E-state index in [4.69, 9.17) is 0 Å². The number of hydrogen-bond donors (Lipinski definition) is 1. The van der Waals surface area contributed by atoms with Crippen molar-refractivity contribution in [2.75, 3.05) is 13.1 Å². The Hall–Kier alpha value is -0.380.